The molecule has 0 aliphatic carbocycles. The Hall–Kier alpha value is -0.610. The highest BCUT2D eigenvalue weighted by molar-refractivity contribution is 9.10. The van der Waals surface area contributed by atoms with Crippen LogP contribution in [0.4, 0.5) is 0 Å². The summed E-state index contributed by atoms with van der Waals surface area (Å²) in [5.41, 5.74) is 0.980. The van der Waals surface area contributed by atoms with E-state index in [9.17, 15) is 0 Å². The Balaban J connectivity index is 2.68. The van der Waals surface area contributed by atoms with Crippen LogP contribution in [0, 0.1) is 0 Å². The van der Waals surface area contributed by atoms with Gasteiger partial charge in [0.2, 0.25) is 0 Å². The molecule has 0 N–H and O–H groups in total. The lowest BCUT2D eigenvalue weighted by Gasteiger charge is -1.98. The number of nitrogens with zero attached hydrogens (tertiary/aromatic N) is 2. The molecule has 0 radical (unpaired) electrons. The van der Waals surface area contributed by atoms with Crippen molar-refractivity contribution >= 4 is 38.6 Å². The van der Waals surface area contributed by atoms with E-state index in [2.05, 4.69) is 25.9 Å². The van der Waals surface area contributed by atoms with Crippen molar-refractivity contribution in [2.45, 2.75) is 5.16 Å². The maximum atomic E-state index is 4.38. The molecule has 0 aliphatic rings. The van der Waals surface area contributed by atoms with Gasteiger partial charge < -0.3 is 0 Å². The molecule has 1 aromatic carbocycles. The number of aromatic nitrogens is 2. The maximum absolute atomic E-state index is 4.38. The lowest BCUT2D eigenvalue weighted by Crippen LogP contribution is -1.86. The lowest BCUT2D eigenvalue weighted by atomic mass is 10.2. The highest BCUT2D eigenvalue weighted by Gasteiger charge is 1.98. The van der Waals surface area contributed by atoms with E-state index in [0.717, 1.165) is 20.5 Å². The first-order valence-electron chi connectivity index (χ1n) is 3.76. The van der Waals surface area contributed by atoms with Gasteiger partial charge in [0.1, 0.15) is 0 Å². The minimum absolute atomic E-state index is 0.811. The number of rotatable bonds is 1. The van der Waals surface area contributed by atoms with Crippen LogP contribution in [0.1, 0.15) is 0 Å². The van der Waals surface area contributed by atoms with Crippen LogP contribution in [0.3, 0.4) is 0 Å². The highest BCUT2D eigenvalue weighted by Crippen LogP contribution is 2.19. The normalized spacial score (nSPS) is 10.6. The van der Waals surface area contributed by atoms with Crippen LogP contribution in [0.15, 0.2) is 34.0 Å². The smallest absolute Gasteiger partial charge is 0.187 e. The highest BCUT2D eigenvalue weighted by atomic mass is 79.9. The molecule has 0 saturated heterocycles. The average molecular weight is 255 g/mol. The second-order valence-electron chi connectivity index (χ2n) is 2.56. The van der Waals surface area contributed by atoms with Gasteiger partial charge in [-0.3, -0.25) is 0 Å². The van der Waals surface area contributed by atoms with Crippen LogP contribution < -0.4 is 0 Å². The first kappa shape index (κ1) is 8.97. The summed E-state index contributed by atoms with van der Waals surface area (Å²) in [5, 5.41) is 1.88. The number of hydrogen-bond donors (Lipinski definition) is 0. The first-order valence-corrected chi connectivity index (χ1v) is 5.77. The van der Waals surface area contributed by atoms with Gasteiger partial charge in [-0.25, -0.2) is 9.97 Å². The second-order valence-corrected chi connectivity index (χ2v) is 4.25. The van der Waals surface area contributed by atoms with Gasteiger partial charge >= 0.3 is 0 Å². The van der Waals surface area contributed by atoms with Crippen molar-refractivity contribution < 1.29 is 0 Å². The Bertz CT molecular complexity index is 445. The van der Waals surface area contributed by atoms with Crippen LogP contribution in [-0.4, -0.2) is 16.2 Å². The van der Waals surface area contributed by atoms with E-state index in [-0.39, 0.29) is 0 Å². The molecule has 0 unspecified atom stereocenters. The van der Waals surface area contributed by atoms with E-state index in [4.69, 9.17) is 0 Å². The third-order valence-electron chi connectivity index (χ3n) is 1.71. The second kappa shape index (κ2) is 3.64. The largest absolute Gasteiger partial charge is 0.230 e. The Kier molecular flexibility index (Phi) is 2.51. The van der Waals surface area contributed by atoms with Gasteiger partial charge in [0.15, 0.2) is 5.16 Å². The van der Waals surface area contributed by atoms with Crippen molar-refractivity contribution in [2.75, 3.05) is 6.26 Å². The van der Waals surface area contributed by atoms with Crippen LogP contribution in [0.5, 0.6) is 0 Å². The molecule has 2 nitrogen and oxygen atoms in total. The fourth-order valence-electron chi connectivity index (χ4n) is 1.08. The predicted molar refractivity (Wildman–Crippen MR) is 59.0 cm³/mol. The van der Waals surface area contributed by atoms with Crippen LogP contribution in [-0.2, 0) is 0 Å². The molecule has 1 heterocycles. The van der Waals surface area contributed by atoms with Gasteiger partial charge in [0.25, 0.3) is 0 Å². The molecule has 0 atom stereocenters. The Morgan fingerprint density at radius 3 is 3.00 bits per heavy atom. The number of halogens is 1. The topological polar surface area (TPSA) is 25.8 Å². The minimum Gasteiger partial charge on any atom is -0.230 e. The van der Waals surface area contributed by atoms with Gasteiger partial charge in [-0.2, -0.15) is 0 Å². The SMILES string of the molecule is CSc1ncc2ccc(Br)cc2n1. The third-order valence-corrected chi connectivity index (χ3v) is 2.76. The summed E-state index contributed by atoms with van der Waals surface area (Å²) in [6.07, 6.45) is 3.82. The molecule has 0 fully saturated rings. The average Bonchev–Trinajstić information content (AvgIpc) is 2.16. The molecule has 0 bridgehead atoms. The maximum Gasteiger partial charge on any atom is 0.187 e. The fraction of sp³-hybridized carbons (Fsp3) is 0.111. The number of fused-ring (bicyclic) bond motifs is 1. The van der Waals surface area contributed by atoms with E-state index >= 15 is 0 Å². The summed E-state index contributed by atoms with van der Waals surface area (Å²) in [4.78, 5) is 8.57. The molecule has 0 amide bonds. The quantitative estimate of drug-likeness (QED) is 0.578. The Morgan fingerprint density at radius 2 is 2.23 bits per heavy atom. The summed E-state index contributed by atoms with van der Waals surface area (Å²) in [6, 6.07) is 5.99. The van der Waals surface area contributed by atoms with Crippen molar-refractivity contribution in [3.63, 3.8) is 0 Å². The molecule has 2 aromatic rings. The molecular weight excluding hydrogens is 248 g/mol. The van der Waals surface area contributed by atoms with Gasteiger partial charge in [-0.1, -0.05) is 33.8 Å². The van der Waals surface area contributed by atoms with Crippen LogP contribution in [0.2, 0.25) is 0 Å². The standard InChI is InChI=1S/C9H7BrN2S/c1-13-9-11-5-6-2-3-7(10)4-8(6)12-9/h2-5H,1H3. The van der Waals surface area contributed by atoms with Gasteiger partial charge in [0.05, 0.1) is 5.52 Å². The van der Waals surface area contributed by atoms with Crippen molar-refractivity contribution in [2.24, 2.45) is 0 Å². The predicted octanol–water partition coefficient (Wildman–Crippen LogP) is 3.11. The van der Waals surface area contributed by atoms with Crippen molar-refractivity contribution in [3.8, 4) is 0 Å². The van der Waals surface area contributed by atoms with Crippen LogP contribution >= 0.6 is 27.7 Å². The first-order chi connectivity index (χ1) is 6.29. The summed E-state index contributed by atoms with van der Waals surface area (Å²) >= 11 is 4.96. The monoisotopic (exact) mass is 254 g/mol. The minimum atomic E-state index is 0.811. The zero-order valence-corrected chi connectivity index (χ0v) is 9.39. The zero-order chi connectivity index (χ0) is 9.26. The van der Waals surface area contributed by atoms with Crippen molar-refractivity contribution in [1.82, 2.24) is 9.97 Å². The summed E-state index contributed by atoms with van der Waals surface area (Å²) in [6.45, 7) is 0. The number of thioether (sulfide) groups is 1. The van der Waals surface area contributed by atoms with E-state index in [1.165, 1.54) is 0 Å². The van der Waals surface area contributed by atoms with E-state index in [1.54, 1.807) is 11.8 Å². The van der Waals surface area contributed by atoms with Gasteiger partial charge in [0, 0.05) is 16.1 Å². The van der Waals surface area contributed by atoms with E-state index in [0.29, 0.717) is 0 Å². The summed E-state index contributed by atoms with van der Waals surface area (Å²) < 4.78 is 1.05. The molecule has 4 heteroatoms. The summed E-state index contributed by atoms with van der Waals surface area (Å²) in [7, 11) is 0. The van der Waals surface area contributed by atoms with Crippen molar-refractivity contribution in [3.05, 3.63) is 28.9 Å². The zero-order valence-electron chi connectivity index (χ0n) is 6.99. The van der Waals surface area contributed by atoms with Crippen LogP contribution in [0.25, 0.3) is 10.9 Å². The fourth-order valence-corrected chi connectivity index (χ4v) is 1.77. The van der Waals surface area contributed by atoms with E-state index < -0.39 is 0 Å². The molecule has 0 saturated carbocycles. The Labute approximate surface area is 88.9 Å². The molecule has 2 rings (SSSR count). The molecular formula is C9H7BrN2S. The molecule has 0 aliphatic heterocycles. The lowest BCUT2D eigenvalue weighted by molar-refractivity contribution is 1.01. The molecule has 1 aromatic heterocycles. The number of hydrogen-bond acceptors (Lipinski definition) is 3. The third kappa shape index (κ3) is 1.84. The molecule has 66 valence electrons. The van der Waals surface area contributed by atoms with Gasteiger partial charge in [-0.05, 0) is 18.4 Å². The summed E-state index contributed by atoms with van der Waals surface area (Å²) in [5.74, 6) is 0. The Morgan fingerprint density at radius 1 is 1.38 bits per heavy atom. The van der Waals surface area contributed by atoms with Gasteiger partial charge in [-0.15, -0.1) is 0 Å². The number of benzene rings is 1. The van der Waals surface area contributed by atoms with E-state index in [1.807, 2.05) is 30.7 Å². The van der Waals surface area contributed by atoms with Crippen molar-refractivity contribution in [1.29, 1.82) is 0 Å². The molecule has 0 spiro atoms. The molecule has 13 heavy (non-hydrogen) atoms.